The Morgan fingerprint density at radius 3 is 2.67 bits per heavy atom. The van der Waals surface area contributed by atoms with Crippen LogP contribution in [0.4, 0.5) is 11.4 Å². The van der Waals surface area contributed by atoms with Crippen LogP contribution in [-0.4, -0.2) is 12.2 Å². The van der Waals surface area contributed by atoms with Gasteiger partial charge in [-0.05, 0) is 24.4 Å². The molecule has 4 N–H and O–H groups in total. The summed E-state index contributed by atoms with van der Waals surface area (Å²) in [6, 6.07) is 7.47. The summed E-state index contributed by atoms with van der Waals surface area (Å²) in [6.07, 6.45) is 0. The molecule has 0 fully saturated rings. The molecule has 0 amide bonds. The molecule has 3 nitrogen and oxygen atoms in total. The first-order chi connectivity index (χ1) is 5.74. The Balaban J connectivity index is 2.75. The number of anilines is 2. The monoisotopic (exact) mass is 181 g/mol. The molecule has 0 aliphatic heterocycles. The van der Waals surface area contributed by atoms with Crippen molar-refractivity contribution in [1.82, 2.24) is 5.32 Å². The molecule has 64 valence electrons. The Morgan fingerprint density at radius 1 is 1.42 bits per heavy atom. The van der Waals surface area contributed by atoms with Gasteiger partial charge in [0, 0.05) is 7.05 Å². The summed E-state index contributed by atoms with van der Waals surface area (Å²) in [6.45, 7) is 0. The largest absolute Gasteiger partial charge is 0.397 e. The number of hydrogen-bond donors (Lipinski definition) is 3. The fraction of sp³-hybridized carbons (Fsp3) is 0.125. The van der Waals surface area contributed by atoms with Crippen molar-refractivity contribution in [2.24, 2.45) is 0 Å². The van der Waals surface area contributed by atoms with Crippen LogP contribution in [0.2, 0.25) is 0 Å². The minimum Gasteiger partial charge on any atom is -0.397 e. The predicted octanol–water partition coefficient (Wildman–Crippen LogP) is 1.19. The maximum atomic E-state index is 5.67. The second kappa shape index (κ2) is 3.92. The quantitative estimate of drug-likeness (QED) is 0.450. The first kappa shape index (κ1) is 8.80. The van der Waals surface area contributed by atoms with E-state index in [-0.39, 0.29) is 0 Å². The van der Waals surface area contributed by atoms with Gasteiger partial charge in [0.15, 0.2) is 5.11 Å². The van der Waals surface area contributed by atoms with Gasteiger partial charge in [0.25, 0.3) is 0 Å². The normalized spacial score (nSPS) is 9.08. The van der Waals surface area contributed by atoms with Crippen LogP contribution in [0, 0.1) is 0 Å². The molecule has 0 aromatic heterocycles. The van der Waals surface area contributed by atoms with E-state index >= 15 is 0 Å². The van der Waals surface area contributed by atoms with Crippen molar-refractivity contribution in [2.45, 2.75) is 0 Å². The van der Waals surface area contributed by atoms with Gasteiger partial charge in [-0.3, -0.25) is 0 Å². The van der Waals surface area contributed by atoms with E-state index in [1.54, 1.807) is 7.05 Å². The zero-order valence-corrected chi connectivity index (χ0v) is 7.61. The van der Waals surface area contributed by atoms with E-state index in [2.05, 4.69) is 10.6 Å². The van der Waals surface area contributed by atoms with Crippen molar-refractivity contribution in [3.05, 3.63) is 24.3 Å². The van der Waals surface area contributed by atoms with Crippen LogP contribution in [-0.2, 0) is 0 Å². The third kappa shape index (κ3) is 2.10. The molecule has 0 heterocycles. The summed E-state index contributed by atoms with van der Waals surface area (Å²) in [5.41, 5.74) is 7.19. The molecule has 1 rings (SSSR count). The van der Waals surface area contributed by atoms with E-state index in [4.69, 9.17) is 18.0 Å². The molecule has 0 spiro atoms. The summed E-state index contributed by atoms with van der Waals surface area (Å²) in [5, 5.41) is 6.32. The van der Waals surface area contributed by atoms with Crippen LogP contribution in [0.15, 0.2) is 24.3 Å². The molecule has 12 heavy (non-hydrogen) atoms. The number of hydrogen-bond acceptors (Lipinski definition) is 2. The van der Waals surface area contributed by atoms with Crippen molar-refractivity contribution < 1.29 is 0 Å². The molecule has 0 unspecified atom stereocenters. The highest BCUT2D eigenvalue weighted by Crippen LogP contribution is 2.15. The van der Waals surface area contributed by atoms with Gasteiger partial charge >= 0.3 is 0 Å². The van der Waals surface area contributed by atoms with Crippen LogP contribution >= 0.6 is 12.2 Å². The molecule has 4 heteroatoms. The lowest BCUT2D eigenvalue weighted by Gasteiger charge is -2.08. The van der Waals surface area contributed by atoms with Gasteiger partial charge in [0.1, 0.15) is 0 Å². The van der Waals surface area contributed by atoms with E-state index in [1.165, 1.54) is 0 Å². The zero-order valence-electron chi connectivity index (χ0n) is 6.79. The van der Waals surface area contributed by atoms with Crippen LogP contribution in [0.1, 0.15) is 0 Å². The van der Waals surface area contributed by atoms with Gasteiger partial charge in [-0.1, -0.05) is 12.1 Å². The van der Waals surface area contributed by atoms with Crippen LogP contribution < -0.4 is 16.4 Å². The molecule has 1 aromatic rings. The number of benzene rings is 1. The van der Waals surface area contributed by atoms with E-state index < -0.39 is 0 Å². The smallest absolute Gasteiger partial charge is 0.170 e. The number of rotatable bonds is 1. The summed E-state index contributed by atoms with van der Waals surface area (Å²) in [4.78, 5) is 0. The molecule has 0 aliphatic rings. The van der Waals surface area contributed by atoms with Crippen LogP contribution in [0.25, 0.3) is 0 Å². The van der Waals surface area contributed by atoms with Crippen molar-refractivity contribution in [2.75, 3.05) is 18.1 Å². The molecule has 0 saturated heterocycles. The topological polar surface area (TPSA) is 50.1 Å². The van der Waals surface area contributed by atoms with Crippen molar-refractivity contribution in [3.63, 3.8) is 0 Å². The van der Waals surface area contributed by atoms with E-state index in [0.29, 0.717) is 10.8 Å². The molecule has 0 saturated carbocycles. The molecule has 0 atom stereocenters. The Bertz CT molecular complexity index is 285. The number of nitrogen functional groups attached to an aromatic ring is 1. The van der Waals surface area contributed by atoms with E-state index in [0.717, 1.165) is 5.69 Å². The number of para-hydroxylation sites is 2. The zero-order chi connectivity index (χ0) is 8.97. The highest BCUT2D eigenvalue weighted by atomic mass is 32.1. The van der Waals surface area contributed by atoms with Crippen molar-refractivity contribution in [3.8, 4) is 0 Å². The average Bonchev–Trinajstić information content (AvgIpc) is 2.09. The minimum atomic E-state index is 0.563. The summed E-state index contributed by atoms with van der Waals surface area (Å²) in [7, 11) is 1.76. The van der Waals surface area contributed by atoms with Crippen molar-refractivity contribution in [1.29, 1.82) is 0 Å². The van der Waals surface area contributed by atoms with Gasteiger partial charge < -0.3 is 16.4 Å². The molecule has 0 radical (unpaired) electrons. The summed E-state index contributed by atoms with van der Waals surface area (Å²) >= 11 is 4.92. The third-order valence-electron chi connectivity index (χ3n) is 1.44. The summed E-state index contributed by atoms with van der Waals surface area (Å²) < 4.78 is 0. The van der Waals surface area contributed by atoms with E-state index in [1.807, 2.05) is 24.3 Å². The Morgan fingerprint density at radius 2 is 2.08 bits per heavy atom. The lowest BCUT2D eigenvalue weighted by atomic mass is 10.3. The Labute approximate surface area is 77.0 Å². The first-order valence-corrected chi connectivity index (χ1v) is 3.98. The summed E-state index contributed by atoms with van der Waals surface area (Å²) in [5.74, 6) is 0. The standard InChI is InChI=1S/C8H11N3S/c1-10-8(12)11-7-5-3-2-4-6(7)9/h2-5H,9H2,1H3,(H2,10,11,12). The fourth-order valence-corrected chi connectivity index (χ4v) is 0.906. The van der Waals surface area contributed by atoms with Gasteiger partial charge in [-0.2, -0.15) is 0 Å². The number of thiocarbonyl (C=S) groups is 1. The van der Waals surface area contributed by atoms with Crippen molar-refractivity contribution >= 4 is 28.7 Å². The minimum absolute atomic E-state index is 0.563. The van der Waals surface area contributed by atoms with Gasteiger partial charge in [-0.25, -0.2) is 0 Å². The number of nitrogens with two attached hydrogens (primary N) is 1. The predicted molar refractivity (Wildman–Crippen MR) is 56.1 cm³/mol. The molecule has 0 bridgehead atoms. The third-order valence-corrected chi connectivity index (χ3v) is 1.74. The van der Waals surface area contributed by atoms with E-state index in [9.17, 15) is 0 Å². The SMILES string of the molecule is CNC(=S)Nc1ccccc1N. The second-order valence-electron chi connectivity index (χ2n) is 2.29. The second-order valence-corrected chi connectivity index (χ2v) is 2.70. The lowest BCUT2D eigenvalue weighted by molar-refractivity contribution is 1.20. The molecular weight excluding hydrogens is 170 g/mol. The van der Waals surface area contributed by atoms with Gasteiger partial charge in [0.2, 0.25) is 0 Å². The number of nitrogens with one attached hydrogen (secondary N) is 2. The maximum absolute atomic E-state index is 5.67. The maximum Gasteiger partial charge on any atom is 0.170 e. The molecular formula is C8H11N3S. The molecule has 0 aliphatic carbocycles. The average molecular weight is 181 g/mol. The fourth-order valence-electron chi connectivity index (χ4n) is 0.796. The Kier molecular flexibility index (Phi) is 2.88. The van der Waals surface area contributed by atoms with Gasteiger partial charge in [-0.15, -0.1) is 0 Å². The highest BCUT2D eigenvalue weighted by Gasteiger charge is 1.97. The lowest BCUT2D eigenvalue weighted by Crippen LogP contribution is -2.24. The first-order valence-electron chi connectivity index (χ1n) is 3.57. The Hall–Kier alpha value is -1.29. The van der Waals surface area contributed by atoms with Gasteiger partial charge in [0.05, 0.1) is 11.4 Å². The van der Waals surface area contributed by atoms with Crippen LogP contribution in [0.5, 0.6) is 0 Å². The highest BCUT2D eigenvalue weighted by molar-refractivity contribution is 7.80. The molecule has 1 aromatic carbocycles. The van der Waals surface area contributed by atoms with Crippen LogP contribution in [0.3, 0.4) is 0 Å².